The minimum absolute atomic E-state index is 0.0146. The van der Waals surface area contributed by atoms with Crippen LogP contribution in [0.25, 0.3) is 0 Å². The van der Waals surface area contributed by atoms with Crippen molar-refractivity contribution < 1.29 is 24.0 Å². The van der Waals surface area contributed by atoms with E-state index in [-0.39, 0.29) is 40.9 Å². The van der Waals surface area contributed by atoms with Crippen LogP contribution in [0.5, 0.6) is 0 Å². The lowest BCUT2D eigenvalue weighted by molar-refractivity contribution is -0.149. The number of esters is 1. The summed E-state index contributed by atoms with van der Waals surface area (Å²) in [6.45, 7) is 15.9. The molecule has 1 N–H and O–H groups in total. The minimum atomic E-state index is -0.419. The molecule has 0 aromatic rings. The molecule has 8 nitrogen and oxygen atoms in total. The number of carbonyl (C=O) groups excluding carboxylic acids is 3. The van der Waals surface area contributed by atoms with Crippen LogP contribution in [-0.4, -0.2) is 59.7 Å². The molecule has 0 bridgehead atoms. The number of carbonyl (C=O) groups is 3. The molecule has 43 heavy (non-hydrogen) atoms. The third kappa shape index (κ3) is 6.46. The maximum Gasteiger partial charge on any atom is 0.436 e. The zero-order chi connectivity index (χ0) is 31.1. The van der Waals surface area contributed by atoms with Gasteiger partial charge in [-0.1, -0.05) is 38.4 Å². The Balaban J connectivity index is 1.21. The fraction of sp³-hybridized carbons (Fsp3) is 0.829. The number of rotatable bonds is 8. The zero-order valence-corrected chi connectivity index (χ0v) is 27.6. The van der Waals surface area contributed by atoms with Crippen LogP contribution in [0.15, 0.2) is 16.8 Å². The van der Waals surface area contributed by atoms with Gasteiger partial charge in [0.1, 0.15) is 6.04 Å². The quantitative estimate of drug-likeness (QED) is 0.145. The van der Waals surface area contributed by atoms with E-state index in [0.29, 0.717) is 55.4 Å². The number of hydrogen-bond donors (Lipinski definition) is 1. The number of allylic oxidation sites excluding steroid dienone is 1. The molecule has 240 valence electrons. The zero-order valence-electron chi connectivity index (χ0n) is 27.6. The van der Waals surface area contributed by atoms with E-state index in [4.69, 9.17) is 9.57 Å². The predicted octanol–water partition coefficient (Wildman–Crippen LogP) is 6.68. The van der Waals surface area contributed by atoms with Crippen molar-refractivity contribution in [1.82, 2.24) is 10.2 Å². The molecule has 0 aromatic carbocycles. The third-order valence-electron chi connectivity index (χ3n) is 11.9. The van der Waals surface area contributed by atoms with Crippen LogP contribution in [-0.2, 0) is 19.2 Å². The van der Waals surface area contributed by atoms with Gasteiger partial charge in [-0.25, -0.2) is 4.79 Å². The Bertz CT molecular complexity index is 1150. The molecule has 8 atom stereocenters. The highest BCUT2D eigenvalue weighted by Crippen LogP contribution is 2.66. The fourth-order valence-corrected chi connectivity index (χ4v) is 9.87. The average molecular weight is 598 g/mol. The van der Waals surface area contributed by atoms with E-state index in [1.54, 1.807) is 4.90 Å². The summed E-state index contributed by atoms with van der Waals surface area (Å²) in [5.74, 6) is 2.68. The van der Waals surface area contributed by atoms with E-state index < -0.39 is 6.09 Å². The topological polar surface area (TPSA) is 97.3 Å². The maximum absolute atomic E-state index is 13.3. The smallest absolute Gasteiger partial charge is 0.436 e. The summed E-state index contributed by atoms with van der Waals surface area (Å²) in [7, 11) is 0. The SMILES string of the molecule is C/C(=N\OC(=O)N(CC(C)C)CC1CCC(C(=O)OC(C)C)N1)[C@H]1CC[C@H]2[C@@H]3CCC4=CC(=O)CC[C@]4(C)[C@H]3CC[C@]12C. The molecule has 2 unspecified atom stereocenters. The summed E-state index contributed by atoms with van der Waals surface area (Å²) >= 11 is 0. The lowest BCUT2D eigenvalue weighted by Crippen LogP contribution is -2.51. The van der Waals surface area contributed by atoms with Crippen LogP contribution in [0.3, 0.4) is 0 Å². The van der Waals surface area contributed by atoms with Crippen molar-refractivity contribution in [3.63, 3.8) is 0 Å². The number of oxime groups is 1. The molecule has 1 aliphatic heterocycles. The van der Waals surface area contributed by atoms with Crippen LogP contribution in [0.2, 0.25) is 0 Å². The first-order chi connectivity index (χ1) is 20.3. The number of nitrogens with zero attached hydrogens (tertiary/aromatic N) is 2. The first-order valence-electron chi connectivity index (χ1n) is 17.0. The van der Waals surface area contributed by atoms with Gasteiger partial charge < -0.3 is 9.64 Å². The molecule has 8 heteroatoms. The minimum Gasteiger partial charge on any atom is -0.462 e. The average Bonchev–Trinajstić information content (AvgIpc) is 3.55. The summed E-state index contributed by atoms with van der Waals surface area (Å²) in [6, 6.07) is -0.313. The van der Waals surface area contributed by atoms with Gasteiger partial charge in [0.2, 0.25) is 0 Å². The Kier molecular flexibility index (Phi) is 9.46. The summed E-state index contributed by atoms with van der Waals surface area (Å²) in [4.78, 5) is 45.3. The second-order valence-electron chi connectivity index (χ2n) is 15.5. The van der Waals surface area contributed by atoms with Crippen molar-refractivity contribution in [2.75, 3.05) is 13.1 Å². The number of ether oxygens (including phenoxy) is 1. The van der Waals surface area contributed by atoms with Crippen molar-refractivity contribution in [2.45, 2.75) is 131 Å². The van der Waals surface area contributed by atoms with Crippen LogP contribution >= 0.6 is 0 Å². The molecular weight excluding hydrogens is 542 g/mol. The number of hydrogen-bond acceptors (Lipinski definition) is 7. The number of amides is 1. The molecule has 0 aromatic heterocycles. The van der Waals surface area contributed by atoms with Gasteiger partial charge in [-0.3, -0.25) is 19.7 Å². The summed E-state index contributed by atoms with van der Waals surface area (Å²) in [5, 5.41) is 7.86. The van der Waals surface area contributed by atoms with E-state index in [1.807, 2.05) is 26.8 Å². The fourth-order valence-electron chi connectivity index (χ4n) is 9.87. The van der Waals surface area contributed by atoms with Crippen molar-refractivity contribution in [2.24, 2.45) is 45.6 Å². The maximum atomic E-state index is 13.3. The molecule has 4 fully saturated rings. The van der Waals surface area contributed by atoms with Crippen molar-refractivity contribution in [3.05, 3.63) is 11.6 Å². The summed E-state index contributed by atoms with van der Waals surface area (Å²) < 4.78 is 5.38. The number of nitrogens with one attached hydrogen (secondary N) is 1. The van der Waals surface area contributed by atoms with Gasteiger partial charge in [0.05, 0.1) is 11.8 Å². The molecule has 4 aliphatic carbocycles. The Morgan fingerprint density at radius 3 is 2.51 bits per heavy atom. The van der Waals surface area contributed by atoms with Gasteiger partial charge >= 0.3 is 12.1 Å². The van der Waals surface area contributed by atoms with E-state index in [2.05, 4.69) is 38.2 Å². The molecule has 0 spiro atoms. The van der Waals surface area contributed by atoms with Crippen LogP contribution in [0.1, 0.15) is 113 Å². The first kappa shape index (κ1) is 32.2. The molecule has 0 radical (unpaired) electrons. The lowest BCUT2D eigenvalue weighted by atomic mass is 9.46. The largest absolute Gasteiger partial charge is 0.462 e. The summed E-state index contributed by atoms with van der Waals surface area (Å²) in [5.41, 5.74) is 2.69. The van der Waals surface area contributed by atoms with E-state index in [1.165, 1.54) is 24.8 Å². The van der Waals surface area contributed by atoms with Gasteiger partial charge in [0.15, 0.2) is 5.78 Å². The van der Waals surface area contributed by atoms with Crippen LogP contribution in [0, 0.1) is 40.4 Å². The van der Waals surface area contributed by atoms with Crippen molar-refractivity contribution >= 4 is 23.6 Å². The number of fused-ring (bicyclic) bond motifs is 5. The van der Waals surface area contributed by atoms with Gasteiger partial charge in [-0.05, 0) is 119 Å². The lowest BCUT2D eigenvalue weighted by Gasteiger charge is -2.58. The molecule has 5 aliphatic rings. The first-order valence-corrected chi connectivity index (χ1v) is 17.0. The second-order valence-corrected chi connectivity index (χ2v) is 15.5. The number of ketones is 1. The normalized spacial score (nSPS) is 37.5. The summed E-state index contributed by atoms with van der Waals surface area (Å²) in [6.07, 6.45) is 11.5. The van der Waals surface area contributed by atoms with Gasteiger partial charge in [0, 0.05) is 31.5 Å². The van der Waals surface area contributed by atoms with Gasteiger partial charge in [-0.15, -0.1) is 0 Å². The standard InChI is InChI=1S/C35H55N3O5/c1-21(2)19-38(20-25-9-13-31(36-25)32(40)42-22(3)4)33(41)43-37-23(5)28-11-12-29-27-10-8-24-18-26(39)14-16-34(24,6)30(27)15-17-35(28,29)7/h18,21-22,25,27-31,36H,8-17,19-20H2,1-7H3/b37-23+/t25?,27-,28+,29-,30-,31?,34-,35+/m0/s1. The molecule has 1 saturated heterocycles. The molecule has 1 heterocycles. The molecule has 3 saturated carbocycles. The highest BCUT2D eigenvalue weighted by molar-refractivity contribution is 5.91. The predicted molar refractivity (Wildman–Crippen MR) is 167 cm³/mol. The Morgan fingerprint density at radius 2 is 1.79 bits per heavy atom. The van der Waals surface area contributed by atoms with Crippen molar-refractivity contribution in [3.8, 4) is 0 Å². The van der Waals surface area contributed by atoms with E-state index in [9.17, 15) is 14.4 Å². The van der Waals surface area contributed by atoms with E-state index in [0.717, 1.165) is 37.8 Å². The van der Waals surface area contributed by atoms with Gasteiger partial charge in [0.25, 0.3) is 0 Å². The monoisotopic (exact) mass is 597 g/mol. The van der Waals surface area contributed by atoms with Crippen LogP contribution in [0.4, 0.5) is 4.79 Å². The molecular formula is C35H55N3O5. The van der Waals surface area contributed by atoms with E-state index >= 15 is 0 Å². The third-order valence-corrected chi connectivity index (χ3v) is 11.9. The molecule has 1 amide bonds. The second kappa shape index (κ2) is 12.6. The highest BCUT2D eigenvalue weighted by atomic mass is 16.7. The Hall–Kier alpha value is -2.22. The molecule has 5 rings (SSSR count). The highest BCUT2D eigenvalue weighted by Gasteiger charge is 2.59. The Morgan fingerprint density at radius 1 is 1.02 bits per heavy atom. The van der Waals surface area contributed by atoms with Crippen LogP contribution < -0.4 is 5.32 Å². The van der Waals surface area contributed by atoms with Gasteiger partial charge in [-0.2, -0.15) is 0 Å². The Labute approximate surface area is 258 Å². The van der Waals surface area contributed by atoms with Crippen molar-refractivity contribution in [1.29, 1.82) is 0 Å².